The Morgan fingerprint density at radius 3 is 2.34 bits per heavy atom. The summed E-state index contributed by atoms with van der Waals surface area (Å²) in [6, 6.07) is 17.1. The second kappa shape index (κ2) is 9.05. The van der Waals surface area contributed by atoms with Crippen molar-refractivity contribution in [1.82, 2.24) is 4.98 Å². The third kappa shape index (κ3) is 6.80. The van der Waals surface area contributed by atoms with E-state index in [0.717, 1.165) is 23.1 Å². The number of alkyl halides is 3. The smallest absolute Gasteiger partial charge is 0.406 e. The molecule has 0 saturated carbocycles. The minimum atomic E-state index is -4.72. The molecule has 0 atom stereocenters. The van der Waals surface area contributed by atoms with Gasteiger partial charge in [0.25, 0.3) is 0 Å². The van der Waals surface area contributed by atoms with Crippen molar-refractivity contribution in [1.29, 1.82) is 0 Å². The molecule has 0 fully saturated rings. The summed E-state index contributed by atoms with van der Waals surface area (Å²) in [7, 11) is 0. The Morgan fingerprint density at radius 2 is 1.72 bits per heavy atom. The van der Waals surface area contributed by atoms with E-state index in [9.17, 15) is 13.2 Å². The fourth-order valence-corrected chi connectivity index (χ4v) is 2.58. The van der Waals surface area contributed by atoms with E-state index in [1.54, 1.807) is 12.3 Å². The summed E-state index contributed by atoms with van der Waals surface area (Å²) in [5.74, 6) is -0.0779. The summed E-state index contributed by atoms with van der Waals surface area (Å²) < 4.78 is 40.3. The molecule has 1 aromatic heterocycles. The van der Waals surface area contributed by atoms with E-state index >= 15 is 0 Å². The lowest BCUT2D eigenvalue weighted by Gasteiger charge is -2.08. The van der Waals surface area contributed by atoms with E-state index in [0.29, 0.717) is 5.69 Å². The number of nitrogens with zero attached hydrogens (tertiary/aromatic N) is 2. The van der Waals surface area contributed by atoms with Gasteiger partial charge in [-0.1, -0.05) is 36.4 Å². The van der Waals surface area contributed by atoms with Crippen LogP contribution in [0.3, 0.4) is 0 Å². The van der Waals surface area contributed by atoms with Crippen LogP contribution in [0.2, 0.25) is 0 Å². The maximum atomic E-state index is 12.2. The molecule has 0 aliphatic heterocycles. The van der Waals surface area contributed by atoms with Crippen molar-refractivity contribution in [3.63, 3.8) is 0 Å². The van der Waals surface area contributed by atoms with E-state index in [2.05, 4.69) is 14.7 Å². The van der Waals surface area contributed by atoms with Crippen LogP contribution >= 0.6 is 0 Å². The Bertz CT molecular complexity index is 981. The molecular weight excluding hydrogens is 379 g/mol. The number of aromatic nitrogens is 1. The van der Waals surface area contributed by atoms with Gasteiger partial charge in [-0.15, -0.1) is 13.2 Å². The third-order valence-corrected chi connectivity index (χ3v) is 3.89. The van der Waals surface area contributed by atoms with Gasteiger partial charge in [0.1, 0.15) is 11.6 Å². The average Bonchev–Trinajstić information content (AvgIpc) is 2.69. The van der Waals surface area contributed by atoms with E-state index in [4.69, 9.17) is 5.73 Å². The molecule has 0 spiro atoms. The van der Waals surface area contributed by atoms with Crippen LogP contribution in [0.5, 0.6) is 5.75 Å². The first-order valence-corrected chi connectivity index (χ1v) is 8.73. The second-order valence-electron chi connectivity index (χ2n) is 6.19. The van der Waals surface area contributed by atoms with Crippen LogP contribution in [-0.4, -0.2) is 17.2 Å². The molecule has 29 heavy (non-hydrogen) atoms. The Morgan fingerprint density at radius 1 is 1.00 bits per heavy atom. The van der Waals surface area contributed by atoms with Gasteiger partial charge in [-0.3, -0.25) is 4.98 Å². The van der Waals surface area contributed by atoms with E-state index in [1.165, 1.54) is 24.3 Å². The number of hydrogen-bond donors (Lipinski definition) is 1. The van der Waals surface area contributed by atoms with E-state index in [-0.39, 0.29) is 11.6 Å². The van der Waals surface area contributed by atoms with Gasteiger partial charge < -0.3 is 10.5 Å². The third-order valence-electron chi connectivity index (χ3n) is 3.89. The summed E-state index contributed by atoms with van der Waals surface area (Å²) >= 11 is 0. The molecule has 0 bridgehead atoms. The largest absolute Gasteiger partial charge is 0.573 e. The van der Waals surface area contributed by atoms with Crippen molar-refractivity contribution < 1.29 is 17.9 Å². The molecule has 0 unspecified atom stereocenters. The predicted molar refractivity (Wildman–Crippen MR) is 107 cm³/mol. The zero-order valence-electron chi connectivity index (χ0n) is 15.3. The molecule has 2 aromatic carbocycles. The number of rotatable bonds is 6. The van der Waals surface area contributed by atoms with Crippen LogP contribution in [0.15, 0.2) is 84.1 Å². The van der Waals surface area contributed by atoms with Gasteiger partial charge in [-0.05, 0) is 59.5 Å². The zero-order valence-corrected chi connectivity index (χ0v) is 15.3. The number of pyridine rings is 1. The van der Waals surface area contributed by atoms with Gasteiger partial charge in [-0.25, -0.2) is 4.99 Å². The molecule has 0 radical (unpaired) electrons. The SMILES string of the molecule is NC(/C=C/c1ccc(Cc2cccnc2)cc1)=Nc1ccc(OC(F)(F)F)cc1. The minimum Gasteiger partial charge on any atom is -0.406 e. The first-order valence-electron chi connectivity index (χ1n) is 8.73. The maximum absolute atomic E-state index is 12.2. The van der Waals surface area contributed by atoms with Crippen molar-refractivity contribution in [2.24, 2.45) is 10.7 Å². The lowest BCUT2D eigenvalue weighted by molar-refractivity contribution is -0.274. The molecule has 4 nitrogen and oxygen atoms in total. The van der Waals surface area contributed by atoms with Gasteiger partial charge in [0.2, 0.25) is 0 Å². The van der Waals surface area contributed by atoms with Crippen molar-refractivity contribution >= 4 is 17.6 Å². The highest BCUT2D eigenvalue weighted by molar-refractivity contribution is 5.96. The Labute approximate surface area is 166 Å². The standard InChI is InChI=1S/C22H18F3N3O/c23-22(24,25)29-20-10-8-19(9-11-20)28-21(26)12-7-16-3-5-17(6-4-16)14-18-2-1-13-27-15-18/h1-13,15H,14H2,(H2,26,28)/b12-7+. The average molecular weight is 397 g/mol. The van der Waals surface area contributed by atoms with Crippen molar-refractivity contribution in [2.45, 2.75) is 12.8 Å². The van der Waals surface area contributed by atoms with Crippen LogP contribution in [0.25, 0.3) is 6.08 Å². The molecule has 0 saturated heterocycles. The molecule has 3 aromatic rings. The quantitative estimate of drug-likeness (QED) is 0.455. The number of halogens is 3. The summed E-state index contributed by atoms with van der Waals surface area (Å²) in [4.78, 5) is 8.26. The summed E-state index contributed by atoms with van der Waals surface area (Å²) in [6.07, 6.45) is 3.11. The lowest BCUT2D eigenvalue weighted by atomic mass is 10.0. The molecule has 0 aliphatic rings. The number of benzene rings is 2. The van der Waals surface area contributed by atoms with E-state index < -0.39 is 6.36 Å². The predicted octanol–water partition coefficient (Wildman–Crippen LogP) is 5.27. The monoisotopic (exact) mass is 397 g/mol. The Balaban J connectivity index is 1.60. The molecule has 3 rings (SSSR count). The highest BCUT2D eigenvalue weighted by Gasteiger charge is 2.30. The fraction of sp³-hybridized carbons (Fsp3) is 0.0909. The summed E-state index contributed by atoms with van der Waals surface area (Å²) in [5.41, 5.74) is 9.55. The van der Waals surface area contributed by atoms with Crippen molar-refractivity contribution in [3.05, 3.63) is 95.8 Å². The highest BCUT2D eigenvalue weighted by atomic mass is 19.4. The van der Waals surface area contributed by atoms with Crippen LogP contribution in [0.1, 0.15) is 16.7 Å². The van der Waals surface area contributed by atoms with Crippen LogP contribution in [-0.2, 0) is 6.42 Å². The first-order chi connectivity index (χ1) is 13.9. The van der Waals surface area contributed by atoms with Gasteiger partial charge >= 0.3 is 6.36 Å². The fourth-order valence-electron chi connectivity index (χ4n) is 2.58. The molecule has 1 heterocycles. The normalized spacial score (nSPS) is 12.3. The number of hydrogen-bond acceptors (Lipinski definition) is 3. The molecule has 0 amide bonds. The Hall–Kier alpha value is -3.61. The molecule has 2 N–H and O–H groups in total. The van der Waals surface area contributed by atoms with Gasteiger partial charge in [0.05, 0.1) is 5.69 Å². The lowest BCUT2D eigenvalue weighted by Crippen LogP contribution is -2.16. The molecule has 148 valence electrons. The van der Waals surface area contributed by atoms with Crippen LogP contribution in [0.4, 0.5) is 18.9 Å². The van der Waals surface area contributed by atoms with E-state index in [1.807, 2.05) is 48.7 Å². The summed E-state index contributed by atoms with van der Waals surface area (Å²) in [5, 5.41) is 0. The minimum absolute atomic E-state index is 0.230. The molecule has 7 heteroatoms. The second-order valence-corrected chi connectivity index (χ2v) is 6.19. The van der Waals surface area contributed by atoms with Gasteiger partial charge in [-0.2, -0.15) is 0 Å². The highest BCUT2D eigenvalue weighted by Crippen LogP contribution is 2.24. The molecular formula is C22H18F3N3O. The number of ether oxygens (including phenoxy) is 1. The maximum Gasteiger partial charge on any atom is 0.573 e. The number of aliphatic imine (C=N–C) groups is 1. The van der Waals surface area contributed by atoms with Crippen molar-refractivity contribution in [3.8, 4) is 5.75 Å². The molecule has 0 aliphatic carbocycles. The topological polar surface area (TPSA) is 60.5 Å². The Kier molecular flexibility index (Phi) is 6.29. The summed E-state index contributed by atoms with van der Waals surface area (Å²) in [6.45, 7) is 0. The van der Waals surface area contributed by atoms with Crippen LogP contribution in [0, 0.1) is 0 Å². The van der Waals surface area contributed by atoms with Crippen molar-refractivity contribution in [2.75, 3.05) is 0 Å². The van der Waals surface area contributed by atoms with Gasteiger partial charge in [0.15, 0.2) is 0 Å². The van der Waals surface area contributed by atoms with Gasteiger partial charge in [0, 0.05) is 12.4 Å². The van der Waals surface area contributed by atoms with Crippen LogP contribution < -0.4 is 10.5 Å². The zero-order chi connectivity index (χ0) is 20.7. The number of amidine groups is 1. The number of nitrogens with two attached hydrogens (primary N) is 1. The first kappa shape index (κ1) is 20.1.